The van der Waals surface area contributed by atoms with Crippen LogP contribution >= 0.6 is 0 Å². The van der Waals surface area contributed by atoms with E-state index in [0.717, 1.165) is 25.8 Å². The van der Waals surface area contributed by atoms with Gasteiger partial charge in [0.1, 0.15) is 6.23 Å². The first-order valence-electron chi connectivity index (χ1n) is 11.3. The summed E-state index contributed by atoms with van der Waals surface area (Å²) in [4.78, 5) is 2.22. The number of aliphatic hydroxyl groups is 1. The van der Waals surface area contributed by atoms with Crippen LogP contribution in [0.3, 0.4) is 0 Å². The molecule has 3 nitrogen and oxygen atoms in total. The molecule has 2 saturated carbocycles. The summed E-state index contributed by atoms with van der Waals surface area (Å²) in [6.45, 7) is 0.778. The number of epoxide rings is 1. The van der Waals surface area contributed by atoms with Crippen molar-refractivity contribution in [1.29, 1.82) is 0 Å². The zero-order valence-electron chi connectivity index (χ0n) is 17.0. The highest BCUT2D eigenvalue weighted by Gasteiger charge is 2.74. The van der Waals surface area contributed by atoms with E-state index in [2.05, 4.69) is 4.90 Å². The molecule has 4 rings (SSSR count). The first-order valence-corrected chi connectivity index (χ1v) is 11.3. The molecule has 4 unspecified atom stereocenters. The molecule has 0 radical (unpaired) electrons. The van der Waals surface area contributed by atoms with Gasteiger partial charge in [-0.25, -0.2) is 0 Å². The molecule has 174 valence electrons. The maximum Gasteiger partial charge on any atom is 0.426 e. The molecule has 0 aromatic heterocycles. The Kier molecular flexibility index (Phi) is 6.12. The number of alkyl halides is 6. The van der Waals surface area contributed by atoms with Gasteiger partial charge in [-0.1, -0.05) is 32.1 Å². The van der Waals surface area contributed by atoms with Crippen molar-refractivity contribution in [2.24, 2.45) is 17.8 Å². The van der Waals surface area contributed by atoms with Crippen LogP contribution in [-0.4, -0.2) is 52.9 Å². The maximum absolute atomic E-state index is 13.3. The fourth-order valence-corrected chi connectivity index (χ4v) is 6.35. The smallest absolute Gasteiger partial charge is 0.373 e. The number of halogens is 6. The normalized spacial score (nSPS) is 37.1. The highest BCUT2D eigenvalue weighted by molar-refractivity contribution is 5.04. The van der Waals surface area contributed by atoms with Crippen molar-refractivity contribution >= 4 is 0 Å². The number of rotatable bonds is 4. The van der Waals surface area contributed by atoms with E-state index in [4.69, 9.17) is 4.74 Å². The van der Waals surface area contributed by atoms with E-state index < -0.39 is 23.9 Å². The van der Waals surface area contributed by atoms with Crippen molar-refractivity contribution in [1.82, 2.24) is 4.90 Å². The molecule has 5 atom stereocenters. The summed E-state index contributed by atoms with van der Waals surface area (Å²) in [6, 6.07) is -0.0620. The van der Waals surface area contributed by atoms with E-state index in [1.807, 2.05) is 0 Å². The summed E-state index contributed by atoms with van der Waals surface area (Å²) in [5.74, 6) is -1.46. The van der Waals surface area contributed by atoms with Crippen LogP contribution in [0.25, 0.3) is 0 Å². The topological polar surface area (TPSA) is 36.0 Å². The van der Waals surface area contributed by atoms with Crippen LogP contribution in [-0.2, 0) is 4.74 Å². The minimum absolute atomic E-state index is 0.0446. The monoisotopic (exact) mass is 443 g/mol. The summed E-state index contributed by atoms with van der Waals surface area (Å²) in [6.07, 6.45) is -3.49. The number of hydrogen-bond donors (Lipinski definition) is 1. The molecule has 0 amide bonds. The standard InChI is InChI=1S/C21H31F6NO2/c22-20(23,24)19(29,21(25,26)27)15-8-9-16-14(12-15)7-3-4-10-28(16)18-17(30-18)11-13-5-1-2-6-13/h13-18,29H,1-12H2/t14?,15-,16?,17?,18?/m1/s1. The van der Waals surface area contributed by atoms with Gasteiger partial charge in [-0.3, -0.25) is 4.90 Å². The summed E-state index contributed by atoms with van der Waals surface area (Å²) in [7, 11) is 0. The third-order valence-electron chi connectivity index (χ3n) is 7.99. The molecular weight excluding hydrogens is 412 g/mol. The molecule has 4 fully saturated rings. The SMILES string of the molecule is OC([C@@H]1CCC2C(CCCCN2C2OC2CC2CCCC2)C1)(C(F)(F)F)C(F)(F)F. The van der Waals surface area contributed by atoms with E-state index in [-0.39, 0.29) is 43.6 Å². The van der Waals surface area contributed by atoms with E-state index >= 15 is 0 Å². The van der Waals surface area contributed by atoms with Crippen molar-refractivity contribution in [3.05, 3.63) is 0 Å². The second-order valence-corrected chi connectivity index (χ2v) is 9.78. The lowest BCUT2D eigenvalue weighted by Crippen LogP contribution is -2.63. The third kappa shape index (κ3) is 4.10. The van der Waals surface area contributed by atoms with E-state index in [1.165, 1.54) is 25.7 Å². The second-order valence-electron chi connectivity index (χ2n) is 9.78. The molecular formula is C21H31F6NO2. The average Bonchev–Trinajstić information content (AvgIpc) is 3.27. The highest BCUT2D eigenvalue weighted by atomic mass is 19.4. The number of fused-ring (bicyclic) bond motifs is 1. The Labute approximate surface area is 173 Å². The Morgan fingerprint density at radius 3 is 2.10 bits per heavy atom. The molecule has 4 aliphatic rings. The minimum Gasteiger partial charge on any atom is -0.373 e. The molecule has 2 heterocycles. The van der Waals surface area contributed by atoms with Crippen molar-refractivity contribution < 1.29 is 36.2 Å². The summed E-state index contributed by atoms with van der Waals surface area (Å²) in [5.41, 5.74) is -4.64. The van der Waals surface area contributed by atoms with Crippen molar-refractivity contribution in [3.63, 3.8) is 0 Å². The Morgan fingerprint density at radius 2 is 1.47 bits per heavy atom. The fraction of sp³-hybridized carbons (Fsp3) is 1.00. The number of hydrogen-bond acceptors (Lipinski definition) is 3. The number of ether oxygens (including phenoxy) is 1. The molecule has 30 heavy (non-hydrogen) atoms. The lowest BCUT2D eigenvalue weighted by atomic mass is 9.68. The van der Waals surface area contributed by atoms with E-state index in [1.54, 1.807) is 0 Å². The summed E-state index contributed by atoms with van der Waals surface area (Å²) in [5, 5.41) is 9.87. The largest absolute Gasteiger partial charge is 0.426 e. The van der Waals surface area contributed by atoms with Crippen LogP contribution in [0.15, 0.2) is 0 Å². The van der Waals surface area contributed by atoms with Crippen LogP contribution in [0, 0.1) is 17.8 Å². The second kappa shape index (κ2) is 8.10. The number of nitrogens with zero attached hydrogens (tertiary/aromatic N) is 1. The van der Waals surface area contributed by atoms with Crippen LogP contribution < -0.4 is 0 Å². The molecule has 2 saturated heterocycles. The van der Waals surface area contributed by atoms with E-state index in [0.29, 0.717) is 12.3 Å². The van der Waals surface area contributed by atoms with Gasteiger partial charge in [-0.2, -0.15) is 26.3 Å². The molecule has 2 aliphatic heterocycles. The zero-order valence-corrected chi connectivity index (χ0v) is 17.0. The van der Waals surface area contributed by atoms with Gasteiger partial charge in [0.25, 0.3) is 5.60 Å². The summed E-state index contributed by atoms with van der Waals surface area (Å²) < 4.78 is 86.0. The molecule has 9 heteroatoms. The zero-order chi connectivity index (χ0) is 21.7. The van der Waals surface area contributed by atoms with Gasteiger partial charge in [0, 0.05) is 18.5 Å². The minimum atomic E-state index is -5.74. The first kappa shape index (κ1) is 22.6. The summed E-state index contributed by atoms with van der Waals surface area (Å²) >= 11 is 0. The van der Waals surface area contributed by atoms with Crippen molar-refractivity contribution in [2.75, 3.05) is 6.54 Å². The van der Waals surface area contributed by atoms with Crippen LogP contribution in [0.5, 0.6) is 0 Å². The fourth-order valence-electron chi connectivity index (χ4n) is 6.35. The predicted molar refractivity (Wildman–Crippen MR) is 97.5 cm³/mol. The molecule has 0 aromatic rings. The molecule has 1 N–H and O–H groups in total. The average molecular weight is 443 g/mol. The van der Waals surface area contributed by atoms with Gasteiger partial charge >= 0.3 is 12.4 Å². The Morgan fingerprint density at radius 1 is 0.833 bits per heavy atom. The van der Waals surface area contributed by atoms with Crippen LogP contribution in [0.2, 0.25) is 0 Å². The first-order chi connectivity index (χ1) is 14.0. The van der Waals surface area contributed by atoms with Gasteiger partial charge in [0.2, 0.25) is 0 Å². The number of likely N-dealkylation sites (tertiary alicyclic amines) is 1. The van der Waals surface area contributed by atoms with E-state index in [9.17, 15) is 31.4 Å². The van der Waals surface area contributed by atoms with Gasteiger partial charge in [-0.05, 0) is 50.4 Å². The lowest BCUT2D eigenvalue weighted by molar-refractivity contribution is -0.388. The molecule has 0 spiro atoms. The molecule has 2 aliphatic carbocycles. The van der Waals surface area contributed by atoms with Gasteiger partial charge < -0.3 is 9.84 Å². The van der Waals surface area contributed by atoms with Gasteiger partial charge in [0.15, 0.2) is 0 Å². The van der Waals surface area contributed by atoms with Crippen molar-refractivity contribution in [3.8, 4) is 0 Å². The lowest BCUT2D eigenvalue weighted by Gasteiger charge is -2.46. The van der Waals surface area contributed by atoms with Crippen molar-refractivity contribution in [2.45, 2.75) is 107 Å². The Hall–Kier alpha value is -0.540. The molecule has 0 bridgehead atoms. The third-order valence-corrected chi connectivity index (χ3v) is 7.99. The van der Waals surface area contributed by atoms with Crippen LogP contribution in [0.4, 0.5) is 26.3 Å². The Balaban J connectivity index is 1.45. The highest BCUT2D eigenvalue weighted by Crippen LogP contribution is 2.54. The van der Waals surface area contributed by atoms with Crippen LogP contribution in [0.1, 0.15) is 70.6 Å². The quantitative estimate of drug-likeness (QED) is 0.466. The predicted octanol–water partition coefficient (Wildman–Crippen LogP) is 5.42. The Bertz CT molecular complexity index is 589. The maximum atomic E-state index is 13.3. The molecule has 0 aromatic carbocycles. The van der Waals surface area contributed by atoms with Gasteiger partial charge in [-0.15, -0.1) is 0 Å². The van der Waals surface area contributed by atoms with Gasteiger partial charge in [0.05, 0.1) is 6.10 Å².